The zero-order chi connectivity index (χ0) is 12.4. The molecule has 2 atom stereocenters. The summed E-state index contributed by atoms with van der Waals surface area (Å²) in [5.41, 5.74) is 7.00. The van der Waals surface area contributed by atoms with Crippen molar-refractivity contribution in [3.8, 4) is 0 Å². The molecule has 0 heterocycles. The van der Waals surface area contributed by atoms with Crippen LogP contribution in [-0.4, -0.2) is 11.9 Å². The van der Waals surface area contributed by atoms with Gasteiger partial charge in [-0.15, -0.1) is 0 Å². The fourth-order valence-electron chi connectivity index (χ4n) is 2.03. The number of nitrogens with two attached hydrogens (primary N) is 1. The molecule has 2 unspecified atom stereocenters. The number of halogens is 1. The van der Waals surface area contributed by atoms with Crippen LogP contribution in [0.1, 0.15) is 36.5 Å². The lowest BCUT2D eigenvalue weighted by Gasteiger charge is -2.06. The molecule has 17 heavy (non-hydrogen) atoms. The summed E-state index contributed by atoms with van der Waals surface area (Å²) in [6.45, 7) is 2.17. The molecule has 0 radical (unpaired) electrons. The van der Waals surface area contributed by atoms with E-state index < -0.39 is 0 Å². The van der Waals surface area contributed by atoms with Crippen LogP contribution in [0.25, 0.3) is 0 Å². The van der Waals surface area contributed by atoms with Crippen LogP contribution < -0.4 is 11.1 Å². The van der Waals surface area contributed by atoms with E-state index in [1.54, 1.807) is 18.2 Å². The maximum absolute atomic E-state index is 11.9. The van der Waals surface area contributed by atoms with Crippen LogP contribution in [-0.2, 0) is 0 Å². The molecule has 1 saturated carbocycles. The van der Waals surface area contributed by atoms with Crippen LogP contribution >= 0.6 is 15.9 Å². The predicted molar refractivity (Wildman–Crippen MR) is 72.8 cm³/mol. The van der Waals surface area contributed by atoms with E-state index in [-0.39, 0.29) is 5.91 Å². The monoisotopic (exact) mass is 296 g/mol. The number of carbonyl (C=O) groups excluding carboxylic acids is 1. The van der Waals surface area contributed by atoms with Crippen LogP contribution in [0.15, 0.2) is 22.7 Å². The second-order valence-corrected chi connectivity index (χ2v) is 5.46. The molecule has 1 aliphatic rings. The van der Waals surface area contributed by atoms with E-state index >= 15 is 0 Å². The van der Waals surface area contributed by atoms with Crippen molar-refractivity contribution < 1.29 is 4.79 Å². The minimum absolute atomic E-state index is 0.00527. The first-order valence-electron chi connectivity index (χ1n) is 5.97. The van der Waals surface area contributed by atoms with Gasteiger partial charge < -0.3 is 11.1 Å². The van der Waals surface area contributed by atoms with Gasteiger partial charge in [-0.25, -0.2) is 0 Å². The number of amides is 1. The maximum Gasteiger partial charge on any atom is 0.251 e. The fourth-order valence-corrected chi connectivity index (χ4v) is 2.41. The van der Waals surface area contributed by atoms with Crippen LogP contribution in [0, 0.1) is 5.92 Å². The third-order valence-corrected chi connectivity index (χ3v) is 3.85. The average molecular weight is 297 g/mol. The van der Waals surface area contributed by atoms with Crippen molar-refractivity contribution >= 4 is 27.5 Å². The van der Waals surface area contributed by atoms with Gasteiger partial charge in [0, 0.05) is 21.8 Å². The molecule has 0 spiro atoms. The van der Waals surface area contributed by atoms with Crippen LogP contribution in [0.5, 0.6) is 0 Å². The Hall–Kier alpha value is -1.03. The average Bonchev–Trinajstić information content (AvgIpc) is 3.01. The van der Waals surface area contributed by atoms with Crippen molar-refractivity contribution in [2.24, 2.45) is 5.92 Å². The summed E-state index contributed by atoms with van der Waals surface area (Å²) < 4.78 is 0.769. The molecule has 0 aliphatic heterocycles. The smallest absolute Gasteiger partial charge is 0.251 e. The summed E-state index contributed by atoms with van der Waals surface area (Å²) in [6, 6.07) is 5.64. The SMILES string of the molecule is CCCC1CC1NC(=O)c1ccc(N)c(Br)c1. The first-order chi connectivity index (χ1) is 8.11. The molecule has 1 fully saturated rings. The maximum atomic E-state index is 11.9. The number of rotatable bonds is 4. The van der Waals surface area contributed by atoms with Crippen molar-refractivity contribution in [3.63, 3.8) is 0 Å². The largest absolute Gasteiger partial charge is 0.398 e. The summed E-state index contributed by atoms with van der Waals surface area (Å²) in [4.78, 5) is 11.9. The Balaban J connectivity index is 1.94. The molecule has 0 bridgehead atoms. The minimum Gasteiger partial charge on any atom is -0.398 e. The molecule has 2 rings (SSSR count). The third-order valence-electron chi connectivity index (χ3n) is 3.16. The van der Waals surface area contributed by atoms with Gasteiger partial charge in [-0.1, -0.05) is 13.3 Å². The summed E-state index contributed by atoms with van der Waals surface area (Å²) in [5, 5.41) is 3.05. The highest BCUT2D eigenvalue weighted by Crippen LogP contribution is 2.34. The van der Waals surface area contributed by atoms with Crippen LogP contribution in [0.4, 0.5) is 5.69 Å². The molecule has 1 aromatic rings. The van der Waals surface area contributed by atoms with Crippen molar-refractivity contribution in [2.75, 3.05) is 5.73 Å². The lowest BCUT2D eigenvalue weighted by Crippen LogP contribution is -2.26. The number of anilines is 1. The molecule has 1 aliphatic carbocycles. The second-order valence-electron chi connectivity index (χ2n) is 4.60. The Morgan fingerprint density at radius 3 is 3.00 bits per heavy atom. The topological polar surface area (TPSA) is 55.1 Å². The molecule has 3 N–H and O–H groups in total. The number of nitrogens with one attached hydrogen (secondary N) is 1. The molecule has 0 aromatic heterocycles. The number of hydrogen-bond donors (Lipinski definition) is 2. The lowest BCUT2D eigenvalue weighted by atomic mass is 10.2. The second kappa shape index (κ2) is 5.08. The fraction of sp³-hybridized carbons (Fsp3) is 0.462. The molecule has 0 saturated heterocycles. The Kier molecular flexibility index (Phi) is 3.72. The van der Waals surface area contributed by atoms with Gasteiger partial charge in [0.25, 0.3) is 5.91 Å². The highest BCUT2D eigenvalue weighted by Gasteiger charge is 2.37. The van der Waals surface area contributed by atoms with Crippen molar-refractivity contribution in [3.05, 3.63) is 28.2 Å². The van der Waals surface area contributed by atoms with Gasteiger partial charge in [-0.3, -0.25) is 4.79 Å². The van der Waals surface area contributed by atoms with Crippen molar-refractivity contribution in [1.29, 1.82) is 0 Å². The number of carbonyl (C=O) groups is 1. The van der Waals surface area contributed by atoms with E-state index in [1.807, 2.05) is 0 Å². The predicted octanol–water partition coefficient (Wildman–Crippen LogP) is 2.95. The van der Waals surface area contributed by atoms with E-state index in [2.05, 4.69) is 28.2 Å². The lowest BCUT2D eigenvalue weighted by molar-refractivity contribution is 0.0949. The number of hydrogen-bond acceptors (Lipinski definition) is 2. The highest BCUT2D eigenvalue weighted by atomic mass is 79.9. The third kappa shape index (κ3) is 3.00. The van der Waals surface area contributed by atoms with E-state index in [1.165, 1.54) is 12.8 Å². The highest BCUT2D eigenvalue weighted by molar-refractivity contribution is 9.10. The molecule has 1 amide bonds. The molecule has 4 heteroatoms. The Morgan fingerprint density at radius 2 is 2.35 bits per heavy atom. The van der Waals surface area contributed by atoms with E-state index in [4.69, 9.17) is 5.73 Å². The van der Waals surface area contributed by atoms with Crippen molar-refractivity contribution in [1.82, 2.24) is 5.32 Å². The van der Waals surface area contributed by atoms with Gasteiger partial charge in [0.1, 0.15) is 0 Å². The summed E-state index contributed by atoms with van der Waals surface area (Å²) in [7, 11) is 0. The first-order valence-corrected chi connectivity index (χ1v) is 6.77. The van der Waals surface area contributed by atoms with Crippen molar-refractivity contribution in [2.45, 2.75) is 32.2 Å². The standard InChI is InChI=1S/C13H17BrN2O/c1-2-3-8-7-12(8)16-13(17)9-4-5-11(15)10(14)6-9/h4-6,8,12H,2-3,7,15H2,1H3,(H,16,17). The van der Waals surface area contributed by atoms with Gasteiger partial charge in [0.05, 0.1) is 0 Å². The molecule has 1 aromatic carbocycles. The summed E-state index contributed by atoms with van der Waals surface area (Å²) >= 11 is 3.33. The van der Waals surface area contributed by atoms with Gasteiger partial charge >= 0.3 is 0 Å². The number of nitrogen functional groups attached to an aromatic ring is 1. The first kappa shape index (κ1) is 12.4. The minimum atomic E-state index is -0.00527. The Labute approximate surface area is 110 Å². The zero-order valence-electron chi connectivity index (χ0n) is 9.87. The van der Waals surface area contributed by atoms with Gasteiger partial charge in [-0.2, -0.15) is 0 Å². The molecule has 92 valence electrons. The Bertz CT molecular complexity index is 433. The normalized spacial score (nSPS) is 22.2. The van der Waals surface area contributed by atoms with E-state index in [9.17, 15) is 4.79 Å². The van der Waals surface area contributed by atoms with Gasteiger partial charge in [0.15, 0.2) is 0 Å². The van der Waals surface area contributed by atoms with Gasteiger partial charge in [0.2, 0.25) is 0 Å². The molecular weight excluding hydrogens is 280 g/mol. The van der Waals surface area contributed by atoms with E-state index in [0.717, 1.165) is 10.9 Å². The summed E-state index contributed by atoms with van der Waals surface area (Å²) in [6.07, 6.45) is 3.51. The quantitative estimate of drug-likeness (QED) is 0.840. The van der Waals surface area contributed by atoms with Gasteiger partial charge in [-0.05, 0) is 52.9 Å². The molecular formula is C13H17BrN2O. The van der Waals surface area contributed by atoms with Crippen LogP contribution in [0.3, 0.4) is 0 Å². The van der Waals surface area contributed by atoms with E-state index in [0.29, 0.717) is 23.2 Å². The molecule has 3 nitrogen and oxygen atoms in total. The summed E-state index contributed by atoms with van der Waals surface area (Å²) in [5.74, 6) is 0.676. The Morgan fingerprint density at radius 1 is 1.59 bits per heavy atom. The zero-order valence-corrected chi connectivity index (χ0v) is 11.5. The number of benzene rings is 1. The van der Waals surface area contributed by atoms with Crippen LogP contribution in [0.2, 0.25) is 0 Å².